The first kappa shape index (κ1) is 16.2. The van der Waals surface area contributed by atoms with Gasteiger partial charge in [-0.2, -0.15) is 11.8 Å². The summed E-state index contributed by atoms with van der Waals surface area (Å²) >= 11 is 2.04. The SMILES string of the molecule is COc1ccc(CC(C)NC2CCOC3(CCSC3)C2)cc1. The highest BCUT2D eigenvalue weighted by Gasteiger charge is 2.40. The van der Waals surface area contributed by atoms with Crippen LogP contribution in [-0.4, -0.2) is 42.9 Å². The fourth-order valence-electron chi connectivity index (χ4n) is 3.61. The molecular weight excluding hydrogens is 294 g/mol. The summed E-state index contributed by atoms with van der Waals surface area (Å²) in [6, 6.07) is 9.50. The van der Waals surface area contributed by atoms with Gasteiger partial charge in [-0.1, -0.05) is 12.1 Å². The van der Waals surface area contributed by atoms with Crippen LogP contribution in [0.25, 0.3) is 0 Å². The predicted octanol–water partition coefficient (Wildman–Crippen LogP) is 3.27. The molecule has 1 aromatic carbocycles. The van der Waals surface area contributed by atoms with Gasteiger partial charge < -0.3 is 14.8 Å². The van der Waals surface area contributed by atoms with Crippen LogP contribution in [0, 0.1) is 0 Å². The zero-order valence-corrected chi connectivity index (χ0v) is 14.5. The van der Waals surface area contributed by atoms with Gasteiger partial charge in [-0.05, 0) is 56.1 Å². The maximum absolute atomic E-state index is 6.11. The number of hydrogen-bond acceptors (Lipinski definition) is 4. The molecular formula is C18H27NO2S. The summed E-state index contributed by atoms with van der Waals surface area (Å²) in [6.07, 6.45) is 4.60. The van der Waals surface area contributed by atoms with E-state index in [9.17, 15) is 0 Å². The quantitative estimate of drug-likeness (QED) is 0.902. The van der Waals surface area contributed by atoms with Crippen molar-refractivity contribution in [3.05, 3.63) is 29.8 Å². The van der Waals surface area contributed by atoms with Crippen molar-refractivity contribution >= 4 is 11.8 Å². The Balaban J connectivity index is 1.51. The van der Waals surface area contributed by atoms with Gasteiger partial charge >= 0.3 is 0 Å². The molecule has 0 aliphatic carbocycles. The van der Waals surface area contributed by atoms with Crippen molar-refractivity contribution in [1.29, 1.82) is 0 Å². The molecule has 122 valence electrons. The maximum Gasteiger partial charge on any atom is 0.118 e. The zero-order valence-electron chi connectivity index (χ0n) is 13.6. The topological polar surface area (TPSA) is 30.5 Å². The molecule has 3 rings (SSSR count). The van der Waals surface area contributed by atoms with Gasteiger partial charge in [0, 0.05) is 24.4 Å². The Morgan fingerprint density at radius 3 is 2.91 bits per heavy atom. The van der Waals surface area contributed by atoms with E-state index in [1.165, 1.54) is 29.9 Å². The van der Waals surface area contributed by atoms with Gasteiger partial charge in [0.15, 0.2) is 0 Å². The lowest BCUT2D eigenvalue weighted by atomic mass is 9.89. The van der Waals surface area contributed by atoms with Crippen LogP contribution in [-0.2, 0) is 11.2 Å². The second kappa shape index (κ2) is 7.24. The summed E-state index contributed by atoms with van der Waals surface area (Å²) in [5.41, 5.74) is 1.53. The largest absolute Gasteiger partial charge is 0.497 e. The van der Waals surface area contributed by atoms with Crippen LogP contribution < -0.4 is 10.1 Å². The molecule has 0 radical (unpaired) electrons. The van der Waals surface area contributed by atoms with Crippen LogP contribution in [0.1, 0.15) is 31.7 Å². The fraction of sp³-hybridized carbons (Fsp3) is 0.667. The molecule has 1 N–H and O–H groups in total. The molecule has 2 aliphatic heterocycles. The molecule has 22 heavy (non-hydrogen) atoms. The number of ether oxygens (including phenoxy) is 2. The minimum absolute atomic E-state index is 0.167. The average Bonchev–Trinajstić information content (AvgIpc) is 2.95. The highest BCUT2D eigenvalue weighted by atomic mass is 32.2. The third-order valence-electron chi connectivity index (χ3n) is 4.78. The van der Waals surface area contributed by atoms with Gasteiger partial charge in [-0.15, -0.1) is 0 Å². The molecule has 1 spiro atoms. The Labute approximate surface area is 138 Å². The van der Waals surface area contributed by atoms with E-state index in [4.69, 9.17) is 9.47 Å². The standard InChI is InChI=1S/C18H27NO2S/c1-14(11-15-3-5-17(20-2)6-4-15)19-16-7-9-21-18(12-16)8-10-22-13-18/h3-6,14,16,19H,7-13H2,1-2H3. The molecule has 0 aromatic heterocycles. The minimum Gasteiger partial charge on any atom is -0.497 e. The normalized spacial score (nSPS) is 29.6. The van der Waals surface area contributed by atoms with Crippen LogP contribution in [0.2, 0.25) is 0 Å². The van der Waals surface area contributed by atoms with Crippen LogP contribution >= 0.6 is 11.8 Å². The van der Waals surface area contributed by atoms with E-state index in [-0.39, 0.29) is 5.60 Å². The van der Waals surface area contributed by atoms with E-state index in [1.807, 2.05) is 23.9 Å². The van der Waals surface area contributed by atoms with E-state index >= 15 is 0 Å². The van der Waals surface area contributed by atoms with Crippen LogP contribution in [0.3, 0.4) is 0 Å². The molecule has 3 atom stereocenters. The van der Waals surface area contributed by atoms with Crippen molar-refractivity contribution in [3.8, 4) is 5.75 Å². The Kier molecular flexibility index (Phi) is 5.32. The number of rotatable bonds is 5. The van der Waals surface area contributed by atoms with Gasteiger partial charge in [0.1, 0.15) is 5.75 Å². The minimum atomic E-state index is 0.167. The highest BCUT2D eigenvalue weighted by Crippen LogP contribution is 2.38. The molecule has 2 heterocycles. The smallest absolute Gasteiger partial charge is 0.118 e. The molecule has 0 saturated carbocycles. The third-order valence-corrected chi connectivity index (χ3v) is 6.00. The average molecular weight is 321 g/mol. The van der Waals surface area contributed by atoms with Crippen LogP contribution in [0.15, 0.2) is 24.3 Å². The van der Waals surface area contributed by atoms with Gasteiger partial charge in [0.25, 0.3) is 0 Å². The van der Waals surface area contributed by atoms with Crippen molar-refractivity contribution in [3.63, 3.8) is 0 Å². The van der Waals surface area contributed by atoms with E-state index in [0.717, 1.165) is 25.2 Å². The lowest BCUT2D eigenvalue weighted by Gasteiger charge is -2.39. The van der Waals surface area contributed by atoms with Crippen molar-refractivity contribution in [1.82, 2.24) is 5.32 Å². The Bertz CT molecular complexity index is 470. The fourth-order valence-corrected chi connectivity index (χ4v) is 4.99. The monoisotopic (exact) mass is 321 g/mol. The summed E-state index contributed by atoms with van der Waals surface area (Å²) in [5.74, 6) is 3.36. The molecule has 2 saturated heterocycles. The van der Waals surface area contributed by atoms with E-state index in [0.29, 0.717) is 12.1 Å². The summed E-state index contributed by atoms with van der Waals surface area (Å²) in [6.45, 7) is 3.20. The molecule has 0 amide bonds. The molecule has 4 heteroatoms. The summed E-state index contributed by atoms with van der Waals surface area (Å²) < 4.78 is 11.3. The van der Waals surface area contributed by atoms with Gasteiger partial charge in [0.05, 0.1) is 12.7 Å². The zero-order chi connectivity index (χ0) is 15.4. The van der Waals surface area contributed by atoms with Crippen molar-refractivity contribution in [2.45, 2.75) is 50.3 Å². The van der Waals surface area contributed by atoms with E-state index < -0.39 is 0 Å². The summed E-state index contributed by atoms with van der Waals surface area (Å²) in [5, 5.41) is 3.83. The molecule has 3 nitrogen and oxygen atoms in total. The molecule has 1 aromatic rings. The first-order valence-corrected chi connectivity index (χ1v) is 9.45. The van der Waals surface area contributed by atoms with Crippen LogP contribution in [0.4, 0.5) is 0 Å². The van der Waals surface area contributed by atoms with Gasteiger partial charge in [0.2, 0.25) is 0 Å². The number of methoxy groups -OCH3 is 1. The number of hydrogen-bond donors (Lipinski definition) is 1. The second-order valence-corrected chi connectivity index (χ2v) is 7.75. The second-order valence-electron chi connectivity index (χ2n) is 6.64. The number of thioether (sulfide) groups is 1. The first-order chi connectivity index (χ1) is 10.7. The van der Waals surface area contributed by atoms with Crippen molar-refractivity contribution < 1.29 is 9.47 Å². The molecule has 3 unspecified atom stereocenters. The van der Waals surface area contributed by atoms with Crippen molar-refractivity contribution in [2.75, 3.05) is 25.2 Å². The summed E-state index contributed by atoms with van der Waals surface area (Å²) in [7, 11) is 1.71. The highest BCUT2D eigenvalue weighted by molar-refractivity contribution is 7.99. The molecule has 0 bridgehead atoms. The lowest BCUT2D eigenvalue weighted by molar-refractivity contribution is -0.0711. The Morgan fingerprint density at radius 2 is 2.23 bits per heavy atom. The third kappa shape index (κ3) is 3.98. The molecule has 2 aliphatic rings. The van der Waals surface area contributed by atoms with E-state index in [1.54, 1.807) is 7.11 Å². The first-order valence-electron chi connectivity index (χ1n) is 8.30. The van der Waals surface area contributed by atoms with Crippen molar-refractivity contribution in [2.24, 2.45) is 0 Å². The number of nitrogens with one attached hydrogen (secondary N) is 1. The van der Waals surface area contributed by atoms with Gasteiger partial charge in [-0.25, -0.2) is 0 Å². The van der Waals surface area contributed by atoms with Gasteiger partial charge in [-0.3, -0.25) is 0 Å². The van der Waals surface area contributed by atoms with E-state index in [2.05, 4.69) is 24.4 Å². The number of benzene rings is 1. The van der Waals surface area contributed by atoms with Crippen LogP contribution in [0.5, 0.6) is 5.75 Å². The Hall–Kier alpha value is -0.710. The summed E-state index contributed by atoms with van der Waals surface area (Å²) in [4.78, 5) is 0. The Morgan fingerprint density at radius 1 is 1.41 bits per heavy atom. The lowest BCUT2D eigenvalue weighted by Crippen LogP contribution is -2.49. The predicted molar refractivity (Wildman–Crippen MR) is 92.9 cm³/mol. The molecule has 2 fully saturated rings. The maximum atomic E-state index is 6.11.